The van der Waals surface area contributed by atoms with Gasteiger partial charge in [-0.15, -0.1) is 0 Å². The van der Waals surface area contributed by atoms with E-state index in [4.69, 9.17) is 5.73 Å². The predicted molar refractivity (Wildman–Crippen MR) is 122 cm³/mol. The number of carbonyl (C=O) groups is 1. The maximum atomic E-state index is 13.0. The first-order valence-electron chi connectivity index (χ1n) is 9.98. The lowest BCUT2D eigenvalue weighted by atomic mass is 10.0. The highest BCUT2D eigenvalue weighted by molar-refractivity contribution is 8.00. The third-order valence-corrected chi connectivity index (χ3v) is 6.21. The van der Waals surface area contributed by atoms with Crippen molar-refractivity contribution >= 4 is 39.9 Å². The fourth-order valence-corrected chi connectivity index (χ4v) is 4.41. The van der Waals surface area contributed by atoms with Crippen molar-refractivity contribution in [1.29, 1.82) is 10.5 Å². The molecule has 10 nitrogen and oxygen atoms in total. The minimum Gasteiger partial charge on any atom is -0.539 e. The summed E-state index contributed by atoms with van der Waals surface area (Å²) >= 11 is 0.987. The Morgan fingerprint density at radius 1 is 1.21 bits per heavy atom. The Morgan fingerprint density at radius 3 is 2.59 bits per heavy atom. The van der Waals surface area contributed by atoms with Crippen LogP contribution in [0.5, 0.6) is 5.95 Å². The maximum Gasteiger partial charge on any atom is 0.266 e. The molecular formula is C23H17N7O3S. The first kappa shape index (κ1) is 22.6. The number of hydrogen-bond acceptors (Lipinski definition) is 9. The summed E-state index contributed by atoms with van der Waals surface area (Å²) in [6, 6.07) is 17.1. The molecule has 0 spiro atoms. The average molecular weight is 472 g/mol. The zero-order chi connectivity index (χ0) is 24.4. The van der Waals surface area contributed by atoms with Gasteiger partial charge in [-0.3, -0.25) is 4.79 Å². The van der Waals surface area contributed by atoms with E-state index in [1.165, 1.54) is 7.05 Å². The highest BCUT2D eigenvalue weighted by atomic mass is 32.2. The topological polar surface area (TPSA) is 169 Å². The van der Waals surface area contributed by atoms with Gasteiger partial charge < -0.3 is 20.7 Å². The summed E-state index contributed by atoms with van der Waals surface area (Å²) < 4.78 is 5.77. The molecule has 0 radical (unpaired) electrons. The largest absolute Gasteiger partial charge is 0.539 e. The SMILES string of the molecule is CC(Sc1nc(N)c(C#N)c(-c2c([O-])on[n+]2C)c1C#N)C(=O)Nc1cccc2ccccc12. The Kier molecular flexibility index (Phi) is 6.04. The molecule has 0 aliphatic carbocycles. The first-order chi connectivity index (χ1) is 16.3. The molecule has 1 amide bonds. The van der Waals surface area contributed by atoms with E-state index in [9.17, 15) is 20.4 Å². The molecule has 2 aromatic heterocycles. The molecular weight excluding hydrogens is 454 g/mol. The highest BCUT2D eigenvalue weighted by Crippen LogP contribution is 2.38. The Morgan fingerprint density at radius 2 is 1.91 bits per heavy atom. The number of thioether (sulfide) groups is 1. The summed E-state index contributed by atoms with van der Waals surface area (Å²) in [5.74, 6) is -1.34. The molecule has 0 bridgehead atoms. The smallest absolute Gasteiger partial charge is 0.266 e. The predicted octanol–water partition coefficient (Wildman–Crippen LogP) is 2.23. The third kappa shape index (κ3) is 3.96. The number of nitriles is 2. The number of carbonyl (C=O) groups excluding carboxylic acids is 1. The standard InChI is InChI=1S/C23H17N7O3S/c1-12(21(31)27-17-9-5-7-13-6-3-4-8-14(13)17)34-22-16(11-25)18(15(10-24)20(26)28-22)19-23(32)33-29-30(19)2/h3-9,12H,1-2H3,(H3-,26,27,28,29,31,32). The number of nitrogens with zero attached hydrogens (tertiary/aromatic N) is 5. The number of anilines is 2. The van der Waals surface area contributed by atoms with Gasteiger partial charge in [0.1, 0.15) is 28.5 Å². The van der Waals surface area contributed by atoms with E-state index in [1.54, 1.807) is 13.0 Å². The summed E-state index contributed by atoms with van der Waals surface area (Å²) in [4.78, 5) is 17.2. The number of aryl methyl sites for hydroxylation is 1. The minimum atomic E-state index is -0.834. The molecule has 34 heavy (non-hydrogen) atoms. The van der Waals surface area contributed by atoms with Crippen molar-refractivity contribution in [3.05, 3.63) is 53.6 Å². The summed E-state index contributed by atoms with van der Waals surface area (Å²) in [5, 5.41) is 39.4. The average Bonchev–Trinajstić information content (AvgIpc) is 3.16. The van der Waals surface area contributed by atoms with Crippen LogP contribution in [0.25, 0.3) is 22.0 Å². The molecule has 4 aromatic rings. The molecule has 4 rings (SSSR count). The van der Waals surface area contributed by atoms with Crippen molar-refractivity contribution < 1.29 is 19.1 Å². The number of rotatable bonds is 5. The molecule has 168 valence electrons. The van der Waals surface area contributed by atoms with Gasteiger partial charge in [-0.05, 0) is 18.4 Å². The van der Waals surface area contributed by atoms with E-state index >= 15 is 0 Å². The molecule has 3 N–H and O–H groups in total. The lowest BCUT2D eigenvalue weighted by Crippen LogP contribution is -2.32. The molecule has 0 fully saturated rings. The van der Waals surface area contributed by atoms with Crippen LogP contribution in [-0.2, 0) is 11.8 Å². The van der Waals surface area contributed by atoms with E-state index in [-0.39, 0.29) is 39.1 Å². The van der Waals surface area contributed by atoms with E-state index in [0.717, 1.165) is 27.2 Å². The van der Waals surface area contributed by atoms with Crippen LogP contribution >= 0.6 is 11.8 Å². The van der Waals surface area contributed by atoms with Crippen molar-refractivity contribution in [1.82, 2.24) is 10.3 Å². The molecule has 0 aliphatic heterocycles. The number of nitrogens with two attached hydrogens (primary N) is 1. The fourth-order valence-electron chi connectivity index (χ4n) is 3.49. The van der Waals surface area contributed by atoms with E-state index in [1.807, 2.05) is 48.5 Å². The zero-order valence-electron chi connectivity index (χ0n) is 18.1. The van der Waals surface area contributed by atoms with Gasteiger partial charge >= 0.3 is 0 Å². The molecule has 2 heterocycles. The van der Waals surface area contributed by atoms with E-state index < -0.39 is 11.2 Å². The van der Waals surface area contributed by atoms with Crippen LogP contribution in [-0.4, -0.2) is 21.4 Å². The number of benzene rings is 2. The van der Waals surface area contributed by atoms with E-state index in [2.05, 4.69) is 20.1 Å². The second-order valence-corrected chi connectivity index (χ2v) is 8.59. The van der Waals surface area contributed by atoms with Crippen LogP contribution in [0, 0.1) is 22.7 Å². The number of fused-ring (bicyclic) bond motifs is 1. The van der Waals surface area contributed by atoms with Crippen LogP contribution in [0.15, 0.2) is 52.0 Å². The number of nitrogens with one attached hydrogen (secondary N) is 1. The van der Waals surface area contributed by atoms with Crippen LogP contribution < -0.4 is 20.8 Å². The van der Waals surface area contributed by atoms with Crippen LogP contribution in [0.1, 0.15) is 18.1 Å². The quantitative estimate of drug-likeness (QED) is 0.327. The molecule has 0 aliphatic rings. The Bertz CT molecular complexity index is 1490. The Balaban J connectivity index is 1.71. The monoisotopic (exact) mass is 471 g/mol. The molecule has 1 atom stereocenters. The Hall–Kier alpha value is -4.61. The lowest BCUT2D eigenvalue weighted by Gasteiger charge is -2.15. The fraction of sp³-hybridized carbons (Fsp3) is 0.130. The van der Waals surface area contributed by atoms with Crippen molar-refractivity contribution in [2.45, 2.75) is 17.2 Å². The summed E-state index contributed by atoms with van der Waals surface area (Å²) in [5.41, 5.74) is 6.26. The van der Waals surface area contributed by atoms with Crippen molar-refractivity contribution in [2.75, 3.05) is 11.1 Å². The number of hydrogen-bond donors (Lipinski definition) is 2. The van der Waals surface area contributed by atoms with Gasteiger partial charge in [0.2, 0.25) is 5.91 Å². The van der Waals surface area contributed by atoms with Crippen molar-refractivity contribution in [3.63, 3.8) is 0 Å². The van der Waals surface area contributed by atoms with Crippen LogP contribution in [0.3, 0.4) is 0 Å². The number of pyridine rings is 1. The van der Waals surface area contributed by atoms with Gasteiger partial charge in [0.05, 0.1) is 21.6 Å². The summed E-state index contributed by atoms with van der Waals surface area (Å²) in [6.07, 6.45) is 0. The summed E-state index contributed by atoms with van der Waals surface area (Å²) in [6.45, 7) is 1.65. The second kappa shape index (κ2) is 9.10. The van der Waals surface area contributed by atoms with Crippen LogP contribution in [0.2, 0.25) is 0 Å². The van der Waals surface area contributed by atoms with Crippen molar-refractivity contribution in [2.24, 2.45) is 7.05 Å². The first-order valence-corrected chi connectivity index (χ1v) is 10.9. The van der Waals surface area contributed by atoms with Gasteiger partial charge in [-0.2, -0.15) is 10.5 Å². The van der Waals surface area contributed by atoms with Gasteiger partial charge in [0.15, 0.2) is 13.0 Å². The van der Waals surface area contributed by atoms with Gasteiger partial charge in [-0.25, -0.2) is 4.98 Å². The number of aromatic nitrogens is 3. The third-order valence-electron chi connectivity index (χ3n) is 5.12. The molecule has 1 unspecified atom stereocenters. The number of amides is 1. The molecule has 11 heteroatoms. The van der Waals surface area contributed by atoms with Gasteiger partial charge in [0, 0.05) is 11.1 Å². The van der Waals surface area contributed by atoms with E-state index in [0.29, 0.717) is 5.69 Å². The molecule has 2 aromatic carbocycles. The minimum absolute atomic E-state index is 0.0320. The van der Waals surface area contributed by atoms with Crippen LogP contribution in [0.4, 0.5) is 11.5 Å². The lowest BCUT2D eigenvalue weighted by molar-refractivity contribution is -0.730. The summed E-state index contributed by atoms with van der Waals surface area (Å²) in [7, 11) is 1.44. The highest BCUT2D eigenvalue weighted by Gasteiger charge is 2.30. The second-order valence-electron chi connectivity index (χ2n) is 7.26. The number of nitrogen functional groups attached to an aromatic ring is 1. The maximum absolute atomic E-state index is 13.0. The van der Waals surface area contributed by atoms with Gasteiger partial charge in [-0.1, -0.05) is 52.8 Å². The van der Waals surface area contributed by atoms with Gasteiger partial charge in [0.25, 0.3) is 5.69 Å². The molecule has 0 saturated carbocycles. The normalized spacial score (nSPS) is 11.5. The molecule has 0 saturated heterocycles. The Labute approximate surface area is 198 Å². The van der Waals surface area contributed by atoms with Crippen molar-refractivity contribution in [3.8, 4) is 29.3 Å². The zero-order valence-corrected chi connectivity index (χ0v) is 18.9.